The second-order valence-corrected chi connectivity index (χ2v) is 10.2. The van der Waals surface area contributed by atoms with Crippen molar-refractivity contribution < 1.29 is 37.6 Å². The molecule has 0 fully saturated rings. The molecule has 198 valence electrons. The first-order valence-corrected chi connectivity index (χ1v) is 12.9. The van der Waals surface area contributed by atoms with E-state index in [0.717, 1.165) is 5.56 Å². The van der Waals surface area contributed by atoms with Crippen LogP contribution in [0.4, 0.5) is 0 Å². The van der Waals surface area contributed by atoms with Crippen LogP contribution in [-0.4, -0.2) is 45.3 Å². The summed E-state index contributed by atoms with van der Waals surface area (Å²) in [6.45, 7) is 2.74. The summed E-state index contributed by atoms with van der Waals surface area (Å²) < 4.78 is 36.2. The molecule has 1 unspecified atom stereocenters. The number of carbonyl (C=O) groups is 2. The minimum absolute atomic E-state index is 0.0429. The first-order chi connectivity index (χ1) is 17.5. The van der Waals surface area contributed by atoms with Crippen molar-refractivity contribution in [2.45, 2.75) is 51.7 Å². The Kier molecular flexibility index (Phi) is 7.79. The summed E-state index contributed by atoms with van der Waals surface area (Å²) in [7, 11) is -3.94. The van der Waals surface area contributed by atoms with Gasteiger partial charge in [-0.15, -0.1) is 0 Å². The maximum Gasteiger partial charge on any atom is 0.530 e. The number of aliphatic carboxylic acids is 1. The third kappa shape index (κ3) is 6.44. The molecule has 3 N–H and O–H groups in total. The number of phosphoric ester groups is 1. The number of amides is 1. The van der Waals surface area contributed by atoms with Gasteiger partial charge >= 0.3 is 19.5 Å². The Labute approximate surface area is 210 Å². The quantitative estimate of drug-likeness (QED) is 0.316. The second kappa shape index (κ2) is 10.9. The second-order valence-electron chi connectivity index (χ2n) is 8.61. The van der Waals surface area contributed by atoms with Crippen LogP contribution in [0.25, 0.3) is 0 Å². The van der Waals surface area contributed by atoms with Gasteiger partial charge in [-0.05, 0) is 44.0 Å². The fourth-order valence-corrected chi connectivity index (χ4v) is 4.89. The number of H-pyrrole nitrogens is 1. The number of carboxylic acid groups (broad SMARTS) is 1. The standard InChI is InChI=1S/C23H26N3O10P/c1-13-10-26(23(31)25-21(13)28)20-8-5-17(35-20)12-34-37(32)33-11-16-9-15(3-6-18(16)36-37)4-7-19(27)24-14(2)22(29)30/h3,5-6,8-10,14,17,20H,4,7,11-12H2,1-2H3,(H,24,27)(H,29,30)(H,25,28,31)/t14-,17-,20+,37?/m0/s1. The van der Waals surface area contributed by atoms with Crippen LogP contribution in [0.5, 0.6) is 5.75 Å². The van der Waals surface area contributed by atoms with Gasteiger partial charge in [0.05, 0.1) is 13.2 Å². The van der Waals surface area contributed by atoms with Gasteiger partial charge < -0.3 is 19.7 Å². The molecule has 0 radical (unpaired) electrons. The lowest BCUT2D eigenvalue weighted by atomic mass is 10.1. The van der Waals surface area contributed by atoms with E-state index in [1.54, 1.807) is 37.3 Å². The maximum absolute atomic E-state index is 13.0. The number of nitrogens with zero attached hydrogens (tertiary/aromatic N) is 1. The summed E-state index contributed by atoms with van der Waals surface area (Å²) in [5.41, 5.74) is 0.672. The molecule has 3 heterocycles. The lowest BCUT2D eigenvalue weighted by molar-refractivity contribution is -0.141. The van der Waals surface area contributed by atoms with Crippen LogP contribution in [-0.2, 0) is 41.0 Å². The van der Waals surface area contributed by atoms with Crippen LogP contribution in [0.3, 0.4) is 0 Å². The van der Waals surface area contributed by atoms with Crippen molar-refractivity contribution in [3.63, 3.8) is 0 Å². The van der Waals surface area contributed by atoms with Crippen LogP contribution < -0.4 is 21.1 Å². The lowest BCUT2D eigenvalue weighted by Crippen LogP contribution is -2.38. The van der Waals surface area contributed by atoms with E-state index in [1.165, 1.54) is 17.7 Å². The molecule has 4 rings (SSSR count). The van der Waals surface area contributed by atoms with E-state index >= 15 is 0 Å². The summed E-state index contributed by atoms with van der Waals surface area (Å²) in [6.07, 6.45) is 3.71. The molecule has 2 aliphatic heterocycles. The summed E-state index contributed by atoms with van der Waals surface area (Å²) in [6, 6.07) is 4.09. The Balaban J connectivity index is 1.29. The van der Waals surface area contributed by atoms with Gasteiger partial charge in [-0.25, -0.2) is 9.36 Å². The molecule has 1 aromatic carbocycles. The average molecular weight is 535 g/mol. The number of rotatable bonds is 9. The van der Waals surface area contributed by atoms with E-state index in [0.29, 0.717) is 23.3 Å². The minimum atomic E-state index is -3.94. The topological polar surface area (TPSA) is 175 Å². The van der Waals surface area contributed by atoms with Crippen LogP contribution in [0.2, 0.25) is 0 Å². The molecule has 0 bridgehead atoms. The first-order valence-electron chi connectivity index (χ1n) is 11.4. The zero-order valence-corrected chi connectivity index (χ0v) is 20.9. The minimum Gasteiger partial charge on any atom is -0.480 e. The average Bonchev–Trinajstić information content (AvgIpc) is 3.32. The zero-order valence-electron chi connectivity index (χ0n) is 20.0. The molecule has 0 spiro atoms. The highest BCUT2D eigenvalue weighted by Gasteiger charge is 2.36. The number of fused-ring (bicyclic) bond motifs is 1. The van der Waals surface area contributed by atoms with Gasteiger partial charge in [0, 0.05) is 23.7 Å². The number of hydrogen-bond acceptors (Lipinski definition) is 9. The molecule has 37 heavy (non-hydrogen) atoms. The number of carbonyl (C=O) groups excluding carboxylic acids is 1. The molecule has 2 aromatic rings. The Hall–Kier alpha value is -3.51. The number of phosphoric acid groups is 1. The van der Waals surface area contributed by atoms with E-state index in [1.807, 2.05) is 0 Å². The number of hydrogen-bond donors (Lipinski definition) is 3. The fraction of sp³-hybridized carbons (Fsp3) is 0.391. The van der Waals surface area contributed by atoms with E-state index in [9.17, 15) is 23.7 Å². The number of aryl methyl sites for hydroxylation is 2. The number of aromatic amines is 1. The smallest absolute Gasteiger partial charge is 0.480 e. The van der Waals surface area contributed by atoms with E-state index in [2.05, 4.69) is 10.3 Å². The number of nitrogens with one attached hydrogen (secondary N) is 2. The van der Waals surface area contributed by atoms with Crippen LogP contribution in [0.1, 0.15) is 36.3 Å². The fourth-order valence-electron chi connectivity index (χ4n) is 3.66. The van der Waals surface area contributed by atoms with E-state index < -0.39 is 43.4 Å². The Morgan fingerprint density at radius 1 is 1.32 bits per heavy atom. The largest absolute Gasteiger partial charge is 0.530 e. The molecular formula is C23H26N3O10P. The SMILES string of the molecule is Cc1cn([C@H]2C=C[C@@H](COP3(=O)OCc4cc(CCC(=O)N[C@@H](C)C(=O)O)ccc4O3)O2)c(=O)[nH]c1=O. The molecule has 0 saturated carbocycles. The highest BCUT2D eigenvalue weighted by molar-refractivity contribution is 7.49. The Bertz CT molecular complexity index is 1400. The molecule has 1 amide bonds. The molecule has 2 aliphatic rings. The van der Waals surface area contributed by atoms with Crippen LogP contribution >= 0.6 is 7.82 Å². The van der Waals surface area contributed by atoms with Gasteiger partial charge in [0.15, 0.2) is 6.23 Å². The van der Waals surface area contributed by atoms with Gasteiger partial charge in [-0.1, -0.05) is 12.1 Å². The van der Waals surface area contributed by atoms with Gasteiger partial charge in [0.1, 0.15) is 17.9 Å². The van der Waals surface area contributed by atoms with Crippen molar-refractivity contribution >= 4 is 19.7 Å². The maximum atomic E-state index is 13.0. The predicted octanol–water partition coefficient (Wildman–Crippen LogP) is 1.55. The highest BCUT2D eigenvalue weighted by Crippen LogP contribution is 2.54. The van der Waals surface area contributed by atoms with Crippen molar-refractivity contribution in [1.29, 1.82) is 0 Å². The molecule has 14 heteroatoms. The molecule has 1 aromatic heterocycles. The number of benzene rings is 1. The molecule has 0 saturated heterocycles. The summed E-state index contributed by atoms with van der Waals surface area (Å²) in [5.74, 6) is -1.18. The van der Waals surface area contributed by atoms with Crippen LogP contribution in [0, 0.1) is 6.92 Å². The van der Waals surface area contributed by atoms with Gasteiger partial charge in [0.25, 0.3) is 5.56 Å². The third-order valence-corrected chi connectivity index (χ3v) is 7.05. The van der Waals surface area contributed by atoms with Gasteiger partial charge in [0.2, 0.25) is 5.91 Å². The van der Waals surface area contributed by atoms with E-state index in [-0.39, 0.29) is 25.5 Å². The Morgan fingerprint density at radius 2 is 2.11 bits per heavy atom. The number of carboxylic acids is 1. The van der Waals surface area contributed by atoms with Gasteiger partial charge in [-0.2, -0.15) is 0 Å². The van der Waals surface area contributed by atoms with Crippen LogP contribution in [0.15, 0.2) is 46.1 Å². The van der Waals surface area contributed by atoms with Crippen molar-refractivity contribution in [3.05, 3.63) is 74.1 Å². The molecule has 0 aliphatic carbocycles. The molecule has 13 nitrogen and oxygen atoms in total. The number of ether oxygens (including phenoxy) is 1. The summed E-state index contributed by atoms with van der Waals surface area (Å²) in [5, 5.41) is 11.3. The molecule has 4 atom stereocenters. The molecular weight excluding hydrogens is 509 g/mol. The Morgan fingerprint density at radius 3 is 2.86 bits per heavy atom. The predicted molar refractivity (Wildman–Crippen MR) is 128 cm³/mol. The summed E-state index contributed by atoms with van der Waals surface area (Å²) >= 11 is 0. The van der Waals surface area contributed by atoms with E-state index in [4.69, 9.17) is 23.4 Å². The highest BCUT2D eigenvalue weighted by atomic mass is 31.2. The van der Waals surface area contributed by atoms with Crippen molar-refractivity contribution in [1.82, 2.24) is 14.9 Å². The van der Waals surface area contributed by atoms with Crippen molar-refractivity contribution in [2.24, 2.45) is 0 Å². The summed E-state index contributed by atoms with van der Waals surface area (Å²) in [4.78, 5) is 48.6. The third-order valence-electron chi connectivity index (χ3n) is 5.72. The lowest BCUT2D eigenvalue weighted by Gasteiger charge is -2.26. The van der Waals surface area contributed by atoms with Crippen molar-refractivity contribution in [2.75, 3.05) is 6.61 Å². The first kappa shape index (κ1) is 26.6. The monoisotopic (exact) mass is 535 g/mol. The zero-order chi connectivity index (χ0) is 26.7. The number of aromatic nitrogens is 2. The van der Waals surface area contributed by atoms with Gasteiger partial charge in [-0.3, -0.25) is 33.0 Å². The normalized spacial score (nSPS) is 23.2. The van der Waals surface area contributed by atoms with Crippen molar-refractivity contribution in [3.8, 4) is 5.75 Å².